The van der Waals surface area contributed by atoms with E-state index in [-0.39, 0.29) is 19.0 Å². The van der Waals surface area contributed by atoms with E-state index in [0.29, 0.717) is 19.3 Å². The summed E-state index contributed by atoms with van der Waals surface area (Å²) in [5.41, 5.74) is 0. The monoisotopic (exact) mass is 384 g/mol. The molecule has 0 saturated heterocycles. The summed E-state index contributed by atoms with van der Waals surface area (Å²) in [7, 11) is -10.5. The van der Waals surface area contributed by atoms with Crippen LogP contribution >= 0.6 is 0 Å². The average Bonchev–Trinajstić information content (AvgIpc) is 2.28. The summed E-state index contributed by atoms with van der Waals surface area (Å²) in [6, 6.07) is 0. The molecule has 0 atom stereocenters. The second kappa shape index (κ2) is 11.3. The van der Waals surface area contributed by atoms with E-state index in [2.05, 4.69) is 8.37 Å². The molecule has 9 nitrogen and oxygen atoms in total. The highest BCUT2D eigenvalue weighted by molar-refractivity contribution is 7.86. The number of unbranched alkanes of at least 4 members (excludes halogenated alkanes) is 2. The van der Waals surface area contributed by atoms with Crippen LogP contribution in [0.15, 0.2) is 0 Å². The van der Waals surface area contributed by atoms with Gasteiger partial charge in [0, 0.05) is 0 Å². The number of hydrogen-bond donors (Lipinski definition) is 1. The van der Waals surface area contributed by atoms with Crippen molar-refractivity contribution in [2.75, 3.05) is 31.5 Å². The first-order chi connectivity index (χ1) is 9.77. The Bertz CT molecular complexity index is 539. The van der Waals surface area contributed by atoms with E-state index in [9.17, 15) is 25.3 Å². The van der Waals surface area contributed by atoms with Gasteiger partial charge in [-0.05, 0) is 19.3 Å². The molecule has 0 aromatic carbocycles. The average molecular weight is 384 g/mol. The second-order valence-electron chi connectivity index (χ2n) is 4.40. The van der Waals surface area contributed by atoms with Crippen LogP contribution in [0.3, 0.4) is 0 Å². The van der Waals surface area contributed by atoms with Crippen molar-refractivity contribution in [2.24, 2.45) is 0 Å². The summed E-state index contributed by atoms with van der Waals surface area (Å²) in [4.78, 5) is 0. The molecule has 0 amide bonds. The Morgan fingerprint density at radius 2 is 1.14 bits per heavy atom. The smallest absolute Gasteiger partial charge is 0.264 e. The van der Waals surface area contributed by atoms with Crippen LogP contribution in [0, 0.1) is 0 Å². The lowest BCUT2D eigenvalue weighted by Gasteiger charge is -2.01. The second-order valence-corrected chi connectivity index (χ2v) is 9.26. The van der Waals surface area contributed by atoms with Gasteiger partial charge in [0.2, 0.25) is 0 Å². The van der Waals surface area contributed by atoms with Gasteiger partial charge in [-0.1, -0.05) is 13.3 Å². The first kappa shape index (κ1) is 24.0. The Hall–Kier alpha value is -0.270. The topological polar surface area (TPSA) is 141 Å². The molecule has 0 bridgehead atoms. The first-order valence-corrected chi connectivity index (χ1v) is 11.6. The van der Waals surface area contributed by atoms with Gasteiger partial charge in [-0.3, -0.25) is 12.9 Å². The maximum atomic E-state index is 10.5. The van der Waals surface area contributed by atoms with E-state index >= 15 is 0 Å². The molecule has 0 fully saturated rings. The first-order valence-electron chi connectivity index (χ1n) is 6.41. The fraction of sp³-hybridized carbons (Fsp3) is 1.00. The highest BCUT2D eigenvalue weighted by Gasteiger charge is 2.03. The minimum absolute atomic E-state index is 0.0476. The van der Waals surface area contributed by atoms with Gasteiger partial charge in [-0.25, -0.2) is 0 Å². The third-order valence-electron chi connectivity index (χ3n) is 1.89. The highest BCUT2D eigenvalue weighted by atomic mass is 32.2. The van der Waals surface area contributed by atoms with Crippen molar-refractivity contribution >= 4 is 30.4 Å². The molecule has 0 aromatic rings. The van der Waals surface area contributed by atoms with Gasteiger partial charge in [0.05, 0.1) is 31.5 Å². The molecule has 0 aliphatic carbocycles. The SMILES string of the molecule is CCCCS(=O)(=O)O.CS(=O)(=O)OCCCCOS(C)(=O)=O. The van der Waals surface area contributed by atoms with Gasteiger partial charge in [-0.2, -0.15) is 25.3 Å². The standard InChI is InChI=1S/C6H14O6S2.C4H10O3S/c1-13(7,8)11-5-3-4-6-12-14(2,9)10;1-2-3-4-8(5,6)7/h3-6H2,1-2H3;2-4H2,1H3,(H,5,6,7). The molecule has 22 heavy (non-hydrogen) atoms. The number of rotatable bonds is 10. The molecule has 0 unspecified atom stereocenters. The van der Waals surface area contributed by atoms with Crippen LogP contribution in [-0.2, 0) is 38.7 Å². The fourth-order valence-corrected chi connectivity index (χ4v) is 2.45. The van der Waals surface area contributed by atoms with E-state index in [0.717, 1.165) is 18.9 Å². The Balaban J connectivity index is 0. The summed E-state index contributed by atoms with van der Waals surface area (Å²) in [5, 5.41) is 0. The molecule has 0 saturated carbocycles. The van der Waals surface area contributed by atoms with Crippen LogP contribution in [0.25, 0.3) is 0 Å². The normalized spacial score (nSPS) is 12.5. The van der Waals surface area contributed by atoms with Crippen molar-refractivity contribution in [3.8, 4) is 0 Å². The van der Waals surface area contributed by atoms with Crippen molar-refractivity contribution in [3.63, 3.8) is 0 Å². The Morgan fingerprint density at radius 1 is 0.773 bits per heavy atom. The zero-order chi connectivity index (χ0) is 17.9. The molecule has 0 radical (unpaired) electrons. The van der Waals surface area contributed by atoms with Crippen LogP contribution in [0.4, 0.5) is 0 Å². The third kappa shape index (κ3) is 28.0. The Kier molecular flexibility index (Phi) is 12.3. The van der Waals surface area contributed by atoms with E-state index in [1.807, 2.05) is 6.92 Å². The molecule has 0 heterocycles. The Labute approximate surface area is 133 Å². The lowest BCUT2D eigenvalue weighted by Crippen LogP contribution is -2.07. The summed E-state index contributed by atoms with van der Waals surface area (Å²) in [6.07, 6.45) is 4.11. The third-order valence-corrected chi connectivity index (χ3v) is 3.88. The maximum absolute atomic E-state index is 10.5. The Morgan fingerprint density at radius 3 is 1.32 bits per heavy atom. The van der Waals surface area contributed by atoms with Gasteiger partial charge in [-0.15, -0.1) is 0 Å². The molecule has 0 aromatic heterocycles. The van der Waals surface area contributed by atoms with Gasteiger partial charge in [0.1, 0.15) is 0 Å². The molecule has 0 spiro atoms. The van der Waals surface area contributed by atoms with Crippen molar-refractivity contribution in [2.45, 2.75) is 32.6 Å². The number of hydrogen-bond acceptors (Lipinski definition) is 8. The van der Waals surface area contributed by atoms with Crippen molar-refractivity contribution in [1.82, 2.24) is 0 Å². The molecule has 0 aliphatic heterocycles. The zero-order valence-electron chi connectivity index (χ0n) is 12.9. The quantitative estimate of drug-likeness (QED) is 0.321. The molecular weight excluding hydrogens is 360 g/mol. The lowest BCUT2D eigenvalue weighted by atomic mass is 10.3. The zero-order valence-corrected chi connectivity index (χ0v) is 15.3. The van der Waals surface area contributed by atoms with Crippen LogP contribution in [0.2, 0.25) is 0 Å². The lowest BCUT2D eigenvalue weighted by molar-refractivity contribution is 0.273. The van der Waals surface area contributed by atoms with Crippen LogP contribution in [0.5, 0.6) is 0 Å². The molecule has 12 heteroatoms. The molecule has 136 valence electrons. The summed E-state index contributed by atoms with van der Waals surface area (Å²) < 4.78 is 78.8. The predicted molar refractivity (Wildman–Crippen MR) is 82.1 cm³/mol. The van der Waals surface area contributed by atoms with Crippen LogP contribution < -0.4 is 0 Å². The van der Waals surface area contributed by atoms with Gasteiger partial charge < -0.3 is 0 Å². The van der Waals surface area contributed by atoms with Gasteiger partial charge in [0.25, 0.3) is 30.4 Å². The van der Waals surface area contributed by atoms with Crippen LogP contribution in [-0.4, -0.2) is 61.3 Å². The molecule has 1 N–H and O–H groups in total. The minimum Gasteiger partial charge on any atom is -0.286 e. The molecular formula is C10H24O9S3. The van der Waals surface area contributed by atoms with Crippen molar-refractivity contribution in [1.29, 1.82) is 0 Å². The van der Waals surface area contributed by atoms with E-state index in [1.54, 1.807) is 0 Å². The summed E-state index contributed by atoms with van der Waals surface area (Å²) >= 11 is 0. The van der Waals surface area contributed by atoms with Crippen molar-refractivity contribution in [3.05, 3.63) is 0 Å². The fourth-order valence-electron chi connectivity index (χ4n) is 0.951. The molecule has 0 rings (SSSR count). The predicted octanol–water partition coefficient (Wildman–Crippen LogP) is 0.393. The largest absolute Gasteiger partial charge is 0.286 e. The highest BCUT2D eigenvalue weighted by Crippen LogP contribution is 1.96. The minimum atomic E-state index is -3.69. The van der Waals surface area contributed by atoms with E-state index < -0.39 is 30.4 Å². The summed E-state index contributed by atoms with van der Waals surface area (Å²) in [5.74, 6) is -0.108. The van der Waals surface area contributed by atoms with E-state index in [1.165, 1.54) is 0 Å². The summed E-state index contributed by atoms with van der Waals surface area (Å²) in [6.45, 7) is 1.96. The van der Waals surface area contributed by atoms with E-state index in [4.69, 9.17) is 4.55 Å². The van der Waals surface area contributed by atoms with Crippen molar-refractivity contribution < 1.29 is 38.2 Å². The van der Waals surface area contributed by atoms with Gasteiger partial charge >= 0.3 is 0 Å². The van der Waals surface area contributed by atoms with Gasteiger partial charge in [0.15, 0.2) is 0 Å². The van der Waals surface area contributed by atoms with Crippen LogP contribution in [0.1, 0.15) is 32.6 Å². The maximum Gasteiger partial charge on any atom is 0.264 e. The molecule has 0 aliphatic rings.